The fourth-order valence-corrected chi connectivity index (χ4v) is 2.74. The van der Waals surface area contributed by atoms with Crippen LogP contribution in [0, 0.1) is 5.92 Å². The number of hydrogen-bond donors (Lipinski definition) is 2. The van der Waals surface area contributed by atoms with Crippen molar-refractivity contribution < 1.29 is 9.59 Å². The van der Waals surface area contributed by atoms with Gasteiger partial charge in [-0.15, -0.1) is 0 Å². The SMILES string of the molecule is CN(CC(=O)N(C)CC(=O)NC1CC1)CC1CCCNC1. The molecule has 21 heavy (non-hydrogen) atoms. The third-order valence-corrected chi connectivity index (χ3v) is 4.12. The van der Waals surface area contributed by atoms with Gasteiger partial charge in [0.2, 0.25) is 11.8 Å². The lowest BCUT2D eigenvalue weighted by Crippen LogP contribution is -2.44. The minimum Gasteiger partial charge on any atom is -0.352 e. The lowest BCUT2D eigenvalue weighted by Gasteiger charge is -2.28. The average Bonchev–Trinajstić information content (AvgIpc) is 3.23. The molecule has 0 bridgehead atoms. The van der Waals surface area contributed by atoms with Crippen molar-refractivity contribution in [3.63, 3.8) is 0 Å². The molecule has 120 valence electrons. The molecule has 0 radical (unpaired) electrons. The van der Waals surface area contributed by atoms with Gasteiger partial charge in [-0.05, 0) is 51.7 Å². The third kappa shape index (κ3) is 6.01. The molecule has 2 amide bonds. The molecule has 1 heterocycles. The summed E-state index contributed by atoms with van der Waals surface area (Å²) >= 11 is 0. The second-order valence-electron chi connectivity index (χ2n) is 6.50. The zero-order valence-corrected chi connectivity index (χ0v) is 13.2. The average molecular weight is 296 g/mol. The maximum atomic E-state index is 12.1. The van der Waals surface area contributed by atoms with Crippen molar-refractivity contribution in [2.24, 2.45) is 5.92 Å². The van der Waals surface area contributed by atoms with E-state index in [1.54, 1.807) is 7.05 Å². The van der Waals surface area contributed by atoms with Gasteiger partial charge in [-0.3, -0.25) is 14.5 Å². The first kappa shape index (κ1) is 16.2. The van der Waals surface area contributed by atoms with Crippen LogP contribution >= 0.6 is 0 Å². The Labute approximate surface area is 127 Å². The number of likely N-dealkylation sites (N-methyl/N-ethyl adjacent to an activating group) is 2. The predicted molar refractivity (Wildman–Crippen MR) is 81.9 cm³/mol. The van der Waals surface area contributed by atoms with E-state index in [0.29, 0.717) is 18.5 Å². The molecule has 1 aliphatic heterocycles. The normalized spacial score (nSPS) is 22.1. The third-order valence-electron chi connectivity index (χ3n) is 4.12. The van der Waals surface area contributed by atoms with Gasteiger partial charge in [0.1, 0.15) is 0 Å². The van der Waals surface area contributed by atoms with Crippen LogP contribution in [0.15, 0.2) is 0 Å². The van der Waals surface area contributed by atoms with E-state index in [9.17, 15) is 9.59 Å². The molecule has 6 nitrogen and oxygen atoms in total. The number of amides is 2. The van der Waals surface area contributed by atoms with Crippen LogP contribution in [0.25, 0.3) is 0 Å². The highest BCUT2D eigenvalue weighted by Crippen LogP contribution is 2.18. The van der Waals surface area contributed by atoms with Gasteiger partial charge in [-0.25, -0.2) is 0 Å². The Hall–Kier alpha value is -1.14. The van der Waals surface area contributed by atoms with Gasteiger partial charge < -0.3 is 15.5 Å². The van der Waals surface area contributed by atoms with Crippen LogP contribution < -0.4 is 10.6 Å². The second-order valence-corrected chi connectivity index (χ2v) is 6.50. The smallest absolute Gasteiger partial charge is 0.239 e. The fourth-order valence-electron chi connectivity index (χ4n) is 2.74. The Morgan fingerprint density at radius 2 is 1.95 bits per heavy atom. The Morgan fingerprint density at radius 1 is 1.19 bits per heavy atom. The first-order valence-electron chi connectivity index (χ1n) is 7.97. The number of piperidine rings is 1. The first-order valence-corrected chi connectivity index (χ1v) is 7.97. The van der Waals surface area contributed by atoms with Crippen molar-refractivity contribution in [1.29, 1.82) is 0 Å². The molecule has 6 heteroatoms. The molecule has 0 spiro atoms. The maximum Gasteiger partial charge on any atom is 0.239 e. The lowest BCUT2D eigenvalue weighted by molar-refractivity contribution is -0.135. The highest BCUT2D eigenvalue weighted by molar-refractivity contribution is 5.85. The number of carbonyl (C=O) groups is 2. The van der Waals surface area contributed by atoms with Crippen molar-refractivity contribution in [3.05, 3.63) is 0 Å². The van der Waals surface area contributed by atoms with Gasteiger partial charge in [-0.2, -0.15) is 0 Å². The summed E-state index contributed by atoms with van der Waals surface area (Å²) in [6.45, 7) is 3.62. The van der Waals surface area contributed by atoms with Gasteiger partial charge in [0.25, 0.3) is 0 Å². The molecule has 1 aliphatic carbocycles. The first-order chi connectivity index (χ1) is 10.0. The van der Waals surface area contributed by atoms with E-state index in [1.165, 1.54) is 17.7 Å². The lowest BCUT2D eigenvalue weighted by atomic mass is 9.99. The van der Waals surface area contributed by atoms with Gasteiger partial charge in [0.15, 0.2) is 0 Å². The highest BCUT2D eigenvalue weighted by Gasteiger charge is 2.24. The zero-order chi connectivity index (χ0) is 15.2. The molecule has 0 aromatic rings. The summed E-state index contributed by atoms with van der Waals surface area (Å²) in [6, 6.07) is 0.350. The monoisotopic (exact) mass is 296 g/mol. The molecule has 0 aromatic carbocycles. The summed E-state index contributed by atoms with van der Waals surface area (Å²) < 4.78 is 0. The van der Waals surface area contributed by atoms with Gasteiger partial charge in [-0.1, -0.05) is 0 Å². The Bertz CT molecular complexity index is 365. The summed E-state index contributed by atoms with van der Waals surface area (Å²) in [5.74, 6) is 0.583. The molecule has 1 atom stereocenters. The van der Waals surface area contributed by atoms with Crippen molar-refractivity contribution in [1.82, 2.24) is 20.4 Å². The van der Waals surface area contributed by atoms with E-state index >= 15 is 0 Å². The van der Waals surface area contributed by atoms with Gasteiger partial charge in [0, 0.05) is 19.6 Å². The van der Waals surface area contributed by atoms with E-state index < -0.39 is 0 Å². The van der Waals surface area contributed by atoms with Gasteiger partial charge in [0.05, 0.1) is 13.1 Å². The molecule has 1 unspecified atom stereocenters. The molecule has 0 aromatic heterocycles. The summed E-state index contributed by atoms with van der Waals surface area (Å²) in [6.07, 6.45) is 4.59. The van der Waals surface area contributed by atoms with Crippen LogP contribution in [0.3, 0.4) is 0 Å². The second kappa shape index (κ2) is 7.75. The van der Waals surface area contributed by atoms with Crippen molar-refractivity contribution in [3.8, 4) is 0 Å². The Balaban J connectivity index is 1.65. The Kier molecular flexibility index (Phi) is 5.99. The number of hydrogen-bond acceptors (Lipinski definition) is 4. The molecule has 2 N–H and O–H groups in total. The summed E-state index contributed by atoms with van der Waals surface area (Å²) in [5.41, 5.74) is 0. The minimum absolute atomic E-state index is 0.00668. The number of rotatable bonds is 7. The van der Waals surface area contributed by atoms with Crippen LogP contribution in [0.1, 0.15) is 25.7 Å². The number of carbonyl (C=O) groups excluding carboxylic acids is 2. The molecular formula is C15H28N4O2. The molecule has 1 saturated heterocycles. The molecule has 2 aliphatic rings. The van der Waals surface area contributed by atoms with E-state index in [0.717, 1.165) is 32.5 Å². The number of nitrogens with one attached hydrogen (secondary N) is 2. The standard InChI is InChI=1S/C15H28N4O2/c1-18(9-12-4-3-7-16-8-12)11-15(21)19(2)10-14(20)17-13-5-6-13/h12-13,16H,3-11H2,1-2H3,(H,17,20). The molecule has 2 rings (SSSR count). The molecule has 2 fully saturated rings. The van der Waals surface area contributed by atoms with E-state index in [4.69, 9.17) is 0 Å². The van der Waals surface area contributed by atoms with E-state index in [2.05, 4.69) is 15.5 Å². The van der Waals surface area contributed by atoms with Crippen molar-refractivity contribution in [2.45, 2.75) is 31.7 Å². The summed E-state index contributed by atoms with van der Waals surface area (Å²) in [4.78, 5) is 27.4. The quantitative estimate of drug-likeness (QED) is 0.674. The highest BCUT2D eigenvalue weighted by atomic mass is 16.2. The fraction of sp³-hybridized carbons (Fsp3) is 0.867. The van der Waals surface area contributed by atoms with Crippen LogP contribution in [-0.2, 0) is 9.59 Å². The largest absolute Gasteiger partial charge is 0.352 e. The number of nitrogens with zero attached hydrogens (tertiary/aromatic N) is 2. The predicted octanol–water partition coefficient (Wildman–Crippen LogP) is -0.345. The Morgan fingerprint density at radius 3 is 2.57 bits per heavy atom. The van der Waals surface area contributed by atoms with Gasteiger partial charge >= 0.3 is 0 Å². The van der Waals surface area contributed by atoms with Crippen molar-refractivity contribution >= 4 is 11.8 Å². The van der Waals surface area contributed by atoms with Crippen LogP contribution in [0.4, 0.5) is 0 Å². The van der Waals surface area contributed by atoms with Crippen LogP contribution in [0.2, 0.25) is 0 Å². The minimum atomic E-state index is -0.0486. The van der Waals surface area contributed by atoms with E-state index in [1.807, 2.05) is 7.05 Å². The van der Waals surface area contributed by atoms with Crippen molar-refractivity contribution in [2.75, 3.05) is 46.8 Å². The van der Waals surface area contributed by atoms with Crippen LogP contribution in [0.5, 0.6) is 0 Å². The molecular weight excluding hydrogens is 268 g/mol. The van der Waals surface area contributed by atoms with E-state index in [-0.39, 0.29) is 18.4 Å². The summed E-state index contributed by atoms with van der Waals surface area (Å²) in [5, 5.41) is 6.30. The maximum absolute atomic E-state index is 12.1. The topological polar surface area (TPSA) is 64.7 Å². The van der Waals surface area contributed by atoms with Crippen LogP contribution in [-0.4, -0.2) is 74.5 Å². The zero-order valence-electron chi connectivity index (χ0n) is 13.2. The molecule has 1 saturated carbocycles. The summed E-state index contributed by atoms with van der Waals surface area (Å²) in [7, 11) is 3.68.